The number of amides is 1. The fourth-order valence-electron chi connectivity index (χ4n) is 2.17. The van der Waals surface area contributed by atoms with Crippen LogP contribution < -0.4 is 5.32 Å². The van der Waals surface area contributed by atoms with Crippen molar-refractivity contribution in [3.8, 4) is 0 Å². The van der Waals surface area contributed by atoms with Gasteiger partial charge in [0.15, 0.2) is 5.76 Å². The van der Waals surface area contributed by atoms with Crippen LogP contribution in [0, 0.1) is 6.92 Å². The van der Waals surface area contributed by atoms with Crippen LogP contribution in [0.15, 0.2) is 10.6 Å². The van der Waals surface area contributed by atoms with Crippen LogP contribution in [-0.2, 0) is 15.1 Å². The smallest absolute Gasteiger partial charge is 0.221 e. The molecule has 0 radical (unpaired) electrons. The third-order valence-corrected chi connectivity index (χ3v) is 3.39. The summed E-state index contributed by atoms with van der Waals surface area (Å²) < 4.78 is 10.7. The lowest BCUT2D eigenvalue weighted by atomic mass is 9.87. The molecule has 1 amide bonds. The minimum Gasteiger partial charge on any atom is -0.381 e. The number of rotatable bonds is 4. The summed E-state index contributed by atoms with van der Waals surface area (Å²) in [5.41, 5.74) is 0.346. The number of aryl methyl sites for hydroxylation is 1. The maximum Gasteiger partial charge on any atom is 0.221 e. The molecule has 0 aliphatic carbocycles. The molecule has 0 atom stereocenters. The van der Waals surface area contributed by atoms with Gasteiger partial charge in [0.25, 0.3) is 0 Å². The van der Waals surface area contributed by atoms with E-state index in [0.717, 1.165) is 11.5 Å². The van der Waals surface area contributed by atoms with E-state index < -0.39 is 5.54 Å². The van der Waals surface area contributed by atoms with Gasteiger partial charge in [-0.2, -0.15) is 12.6 Å². The fraction of sp³-hybridized carbons (Fsp3) is 0.667. The summed E-state index contributed by atoms with van der Waals surface area (Å²) in [6.07, 6.45) is 1.82. The fourth-order valence-corrected chi connectivity index (χ4v) is 2.38. The van der Waals surface area contributed by atoms with Crippen LogP contribution in [0.3, 0.4) is 0 Å². The van der Waals surface area contributed by atoms with Gasteiger partial charge in [0, 0.05) is 38.5 Å². The van der Waals surface area contributed by atoms with E-state index in [1.807, 2.05) is 13.0 Å². The molecular weight excluding hydrogens is 252 g/mol. The van der Waals surface area contributed by atoms with Gasteiger partial charge in [0.2, 0.25) is 5.91 Å². The Labute approximate surface area is 112 Å². The Hall–Kier alpha value is -1.01. The topological polar surface area (TPSA) is 64.4 Å². The van der Waals surface area contributed by atoms with Crippen LogP contribution >= 0.6 is 12.6 Å². The van der Waals surface area contributed by atoms with Gasteiger partial charge < -0.3 is 14.6 Å². The Morgan fingerprint density at radius 3 is 2.83 bits per heavy atom. The second-order valence-electron chi connectivity index (χ2n) is 4.55. The second kappa shape index (κ2) is 5.75. The molecule has 0 bridgehead atoms. The van der Waals surface area contributed by atoms with Crippen LogP contribution in [0.4, 0.5) is 0 Å². The first-order valence-corrected chi connectivity index (χ1v) is 6.73. The minimum atomic E-state index is -0.473. The van der Waals surface area contributed by atoms with Gasteiger partial charge in [0.1, 0.15) is 5.54 Å². The summed E-state index contributed by atoms with van der Waals surface area (Å²) in [6.45, 7) is 3.09. The zero-order valence-corrected chi connectivity index (χ0v) is 11.3. The SMILES string of the molecule is Cc1cc(C2(NC(=O)CCS)CCOCC2)on1. The third-order valence-electron chi connectivity index (χ3n) is 3.16. The monoisotopic (exact) mass is 270 g/mol. The van der Waals surface area contributed by atoms with Gasteiger partial charge in [-0.1, -0.05) is 5.16 Å². The molecule has 1 aromatic heterocycles. The molecule has 1 fully saturated rings. The van der Waals surface area contributed by atoms with E-state index in [1.165, 1.54) is 0 Å². The first-order chi connectivity index (χ1) is 8.66. The highest BCUT2D eigenvalue weighted by Crippen LogP contribution is 2.32. The Bertz CT molecular complexity index is 413. The van der Waals surface area contributed by atoms with Gasteiger partial charge in [-0.15, -0.1) is 0 Å². The summed E-state index contributed by atoms with van der Waals surface area (Å²) in [4.78, 5) is 11.8. The summed E-state index contributed by atoms with van der Waals surface area (Å²) in [5.74, 6) is 1.24. The standard InChI is InChI=1S/C12H18N2O3S/c1-9-8-10(17-14-9)12(3-5-16-6-4-12)13-11(15)2-7-18/h8,18H,2-7H2,1H3,(H,13,15). The molecule has 2 heterocycles. The summed E-state index contributed by atoms with van der Waals surface area (Å²) >= 11 is 4.08. The maximum absolute atomic E-state index is 11.8. The van der Waals surface area contributed by atoms with Crippen molar-refractivity contribution in [1.29, 1.82) is 0 Å². The Kier molecular flexibility index (Phi) is 4.29. The van der Waals surface area contributed by atoms with Crippen molar-refractivity contribution < 1.29 is 14.1 Å². The molecule has 100 valence electrons. The molecule has 1 aliphatic heterocycles. The van der Waals surface area contributed by atoms with Crippen molar-refractivity contribution in [1.82, 2.24) is 10.5 Å². The molecule has 18 heavy (non-hydrogen) atoms. The lowest BCUT2D eigenvalue weighted by Crippen LogP contribution is -2.49. The average Bonchev–Trinajstić information content (AvgIpc) is 2.78. The number of carbonyl (C=O) groups excluding carboxylic acids is 1. The first-order valence-electron chi connectivity index (χ1n) is 6.10. The van der Waals surface area contributed by atoms with Crippen molar-refractivity contribution in [3.63, 3.8) is 0 Å². The molecule has 6 heteroatoms. The number of nitrogens with one attached hydrogen (secondary N) is 1. The molecule has 0 saturated carbocycles. The molecule has 0 spiro atoms. The van der Waals surface area contributed by atoms with Gasteiger partial charge in [-0.05, 0) is 12.7 Å². The largest absolute Gasteiger partial charge is 0.381 e. The number of aromatic nitrogens is 1. The predicted octanol–water partition coefficient (Wildman–Crippen LogP) is 1.42. The van der Waals surface area contributed by atoms with E-state index >= 15 is 0 Å². The van der Waals surface area contributed by atoms with Crippen molar-refractivity contribution in [3.05, 3.63) is 17.5 Å². The Morgan fingerprint density at radius 2 is 2.28 bits per heavy atom. The molecule has 5 nitrogen and oxygen atoms in total. The zero-order valence-electron chi connectivity index (χ0n) is 10.4. The molecule has 0 unspecified atom stereocenters. The lowest BCUT2D eigenvalue weighted by Gasteiger charge is -2.35. The number of ether oxygens (including phenoxy) is 1. The summed E-state index contributed by atoms with van der Waals surface area (Å²) in [7, 11) is 0. The highest BCUT2D eigenvalue weighted by Gasteiger charge is 2.39. The predicted molar refractivity (Wildman–Crippen MR) is 69.6 cm³/mol. The van der Waals surface area contributed by atoms with E-state index in [0.29, 0.717) is 38.2 Å². The molecule has 1 N–H and O–H groups in total. The van der Waals surface area contributed by atoms with Gasteiger partial charge in [0.05, 0.1) is 5.69 Å². The van der Waals surface area contributed by atoms with Crippen LogP contribution in [0.25, 0.3) is 0 Å². The van der Waals surface area contributed by atoms with Crippen LogP contribution in [0.1, 0.15) is 30.7 Å². The van der Waals surface area contributed by atoms with E-state index in [9.17, 15) is 4.79 Å². The summed E-state index contributed by atoms with van der Waals surface area (Å²) in [5, 5.41) is 6.97. The van der Waals surface area contributed by atoms with Crippen molar-refractivity contribution >= 4 is 18.5 Å². The minimum absolute atomic E-state index is 0.0130. The average molecular weight is 270 g/mol. The molecule has 1 aliphatic rings. The molecular formula is C12H18N2O3S. The Balaban J connectivity index is 2.20. The lowest BCUT2D eigenvalue weighted by molar-refractivity contribution is -0.124. The highest BCUT2D eigenvalue weighted by molar-refractivity contribution is 7.80. The molecule has 1 saturated heterocycles. The Morgan fingerprint density at radius 1 is 1.56 bits per heavy atom. The van der Waals surface area contributed by atoms with Crippen molar-refractivity contribution in [2.45, 2.75) is 31.7 Å². The number of hydrogen-bond donors (Lipinski definition) is 2. The van der Waals surface area contributed by atoms with E-state index in [-0.39, 0.29) is 5.91 Å². The highest BCUT2D eigenvalue weighted by atomic mass is 32.1. The third kappa shape index (κ3) is 2.87. The number of hydrogen-bond acceptors (Lipinski definition) is 5. The zero-order chi connectivity index (χ0) is 13.0. The number of carbonyl (C=O) groups is 1. The first kappa shape index (κ1) is 13.4. The molecule has 0 aromatic carbocycles. The summed E-state index contributed by atoms with van der Waals surface area (Å²) in [6, 6.07) is 1.88. The van der Waals surface area contributed by atoms with Gasteiger partial charge in [-0.3, -0.25) is 4.79 Å². The quantitative estimate of drug-likeness (QED) is 0.812. The van der Waals surface area contributed by atoms with Crippen molar-refractivity contribution in [2.75, 3.05) is 19.0 Å². The normalized spacial score (nSPS) is 18.6. The maximum atomic E-state index is 11.8. The van der Waals surface area contributed by atoms with Crippen LogP contribution in [0.2, 0.25) is 0 Å². The van der Waals surface area contributed by atoms with E-state index in [1.54, 1.807) is 0 Å². The van der Waals surface area contributed by atoms with Crippen LogP contribution in [0.5, 0.6) is 0 Å². The van der Waals surface area contributed by atoms with E-state index in [4.69, 9.17) is 9.26 Å². The van der Waals surface area contributed by atoms with Gasteiger partial charge in [-0.25, -0.2) is 0 Å². The van der Waals surface area contributed by atoms with Crippen molar-refractivity contribution in [2.24, 2.45) is 0 Å². The van der Waals surface area contributed by atoms with Gasteiger partial charge >= 0.3 is 0 Å². The van der Waals surface area contributed by atoms with Crippen LogP contribution in [-0.4, -0.2) is 30.0 Å². The molecule has 1 aromatic rings. The number of thiol groups is 1. The molecule has 2 rings (SSSR count). The second-order valence-corrected chi connectivity index (χ2v) is 5.00. The van der Waals surface area contributed by atoms with E-state index in [2.05, 4.69) is 23.1 Å². The number of nitrogens with zero attached hydrogens (tertiary/aromatic N) is 1.